The molecule has 0 fully saturated rings. The highest BCUT2D eigenvalue weighted by atomic mass is 32.3. The zero-order valence-corrected chi connectivity index (χ0v) is 6.38. The first-order valence-corrected chi connectivity index (χ1v) is 5.29. The number of hydrogen-bond donors (Lipinski definition) is 0. The summed E-state index contributed by atoms with van der Waals surface area (Å²) in [6, 6.07) is 0. The van der Waals surface area contributed by atoms with E-state index in [2.05, 4.69) is 37.2 Å². The molecule has 0 aliphatic rings. The third kappa shape index (κ3) is 6.09. The first-order chi connectivity index (χ1) is 3.06. The summed E-state index contributed by atoms with van der Waals surface area (Å²) in [4.78, 5) is 0. The zero-order chi connectivity index (χ0) is 5.91. The van der Waals surface area contributed by atoms with Gasteiger partial charge in [0.25, 0.3) is 0 Å². The minimum atomic E-state index is -0.355. The van der Waals surface area contributed by atoms with Gasteiger partial charge in [0.15, 0.2) is 0 Å². The van der Waals surface area contributed by atoms with Crippen LogP contribution in [0.25, 0.3) is 0 Å². The normalized spacial score (nSPS) is 15.4. The van der Waals surface area contributed by atoms with Crippen molar-refractivity contribution in [3.05, 3.63) is 11.5 Å². The Morgan fingerprint density at radius 2 is 1.57 bits per heavy atom. The standard InChI is InChI=1S/C6H14S/c1-5-6-7(2,3)4/h5-6H,1-4H3. The van der Waals surface area contributed by atoms with E-state index >= 15 is 0 Å². The molecule has 0 aliphatic carbocycles. The summed E-state index contributed by atoms with van der Waals surface area (Å²) in [7, 11) is -0.355. The van der Waals surface area contributed by atoms with Crippen molar-refractivity contribution in [1.29, 1.82) is 0 Å². The van der Waals surface area contributed by atoms with Gasteiger partial charge in [-0.3, -0.25) is 0 Å². The lowest BCUT2D eigenvalue weighted by Gasteiger charge is -2.18. The van der Waals surface area contributed by atoms with Gasteiger partial charge in [-0.2, -0.15) is 0 Å². The monoisotopic (exact) mass is 118 g/mol. The molecule has 0 aliphatic heterocycles. The van der Waals surface area contributed by atoms with Crippen LogP contribution < -0.4 is 0 Å². The molecule has 0 spiro atoms. The predicted octanol–water partition coefficient (Wildman–Crippen LogP) is 2.21. The Kier molecular flexibility index (Phi) is 2.44. The largest absolute Gasteiger partial charge is 0.230 e. The highest BCUT2D eigenvalue weighted by Gasteiger charge is 1.92. The average Bonchev–Trinajstić information content (AvgIpc) is 1.30. The molecule has 0 N–H and O–H groups in total. The topological polar surface area (TPSA) is 0 Å². The third-order valence-electron chi connectivity index (χ3n) is 0.544. The molecule has 0 heterocycles. The van der Waals surface area contributed by atoms with Gasteiger partial charge in [-0.1, -0.05) is 11.5 Å². The second kappa shape index (κ2) is 2.41. The molecule has 7 heavy (non-hydrogen) atoms. The SMILES string of the molecule is CC=CS(C)(C)C. The Morgan fingerprint density at radius 1 is 1.14 bits per heavy atom. The molecule has 0 radical (unpaired) electrons. The predicted molar refractivity (Wildman–Crippen MR) is 40.2 cm³/mol. The van der Waals surface area contributed by atoms with Crippen LogP contribution in [-0.2, 0) is 0 Å². The van der Waals surface area contributed by atoms with E-state index in [1.165, 1.54) is 0 Å². The molecule has 44 valence electrons. The van der Waals surface area contributed by atoms with Crippen molar-refractivity contribution in [2.75, 3.05) is 18.8 Å². The van der Waals surface area contributed by atoms with E-state index in [4.69, 9.17) is 0 Å². The molecule has 0 rings (SSSR count). The minimum absolute atomic E-state index is 0.355. The second-order valence-electron chi connectivity index (χ2n) is 2.40. The Balaban J connectivity index is 3.56. The van der Waals surface area contributed by atoms with Crippen molar-refractivity contribution in [3.63, 3.8) is 0 Å². The summed E-state index contributed by atoms with van der Waals surface area (Å²) in [6.07, 6.45) is 8.93. The molecule has 0 nitrogen and oxygen atoms in total. The van der Waals surface area contributed by atoms with Crippen LogP contribution in [0.1, 0.15) is 6.92 Å². The highest BCUT2D eigenvalue weighted by Crippen LogP contribution is 2.35. The van der Waals surface area contributed by atoms with Crippen LogP contribution in [-0.4, -0.2) is 18.8 Å². The van der Waals surface area contributed by atoms with Crippen LogP contribution in [0.5, 0.6) is 0 Å². The van der Waals surface area contributed by atoms with Crippen LogP contribution in [0.2, 0.25) is 0 Å². The third-order valence-corrected chi connectivity index (χ3v) is 1.63. The van der Waals surface area contributed by atoms with Gasteiger partial charge in [0.05, 0.1) is 0 Å². The van der Waals surface area contributed by atoms with Crippen molar-refractivity contribution in [3.8, 4) is 0 Å². The van der Waals surface area contributed by atoms with Crippen LogP contribution in [0.3, 0.4) is 0 Å². The molecule has 0 saturated carbocycles. The summed E-state index contributed by atoms with van der Waals surface area (Å²) in [5.74, 6) is 0. The quantitative estimate of drug-likeness (QED) is 0.495. The lowest BCUT2D eigenvalue weighted by Crippen LogP contribution is -1.82. The Labute approximate surface area is 47.9 Å². The van der Waals surface area contributed by atoms with Gasteiger partial charge >= 0.3 is 0 Å². The Morgan fingerprint density at radius 3 is 1.57 bits per heavy atom. The zero-order valence-electron chi connectivity index (χ0n) is 5.56. The fraction of sp³-hybridized carbons (Fsp3) is 0.667. The van der Waals surface area contributed by atoms with Gasteiger partial charge in [0.1, 0.15) is 0 Å². The molecule has 0 aromatic rings. The van der Waals surface area contributed by atoms with Crippen molar-refractivity contribution in [2.24, 2.45) is 0 Å². The van der Waals surface area contributed by atoms with E-state index in [-0.39, 0.29) is 10.0 Å². The molecule has 0 amide bonds. The number of rotatable bonds is 1. The summed E-state index contributed by atoms with van der Waals surface area (Å²) in [5, 5.41) is 2.27. The second-order valence-corrected chi connectivity index (χ2v) is 6.54. The fourth-order valence-electron chi connectivity index (χ4n) is 0.408. The summed E-state index contributed by atoms with van der Waals surface area (Å²) >= 11 is 0. The van der Waals surface area contributed by atoms with Crippen molar-refractivity contribution >= 4 is 10.0 Å². The van der Waals surface area contributed by atoms with Gasteiger partial charge in [-0.05, 0) is 25.7 Å². The summed E-state index contributed by atoms with van der Waals surface area (Å²) in [5.41, 5.74) is 0. The van der Waals surface area contributed by atoms with E-state index in [0.717, 1.165) is 0 Å². The molecular weight excluding hydrogens is 104 g/mol. The molecular formula is C6H14S. The molecule has 1 heteroatoms. The lowest BCUT2D eigenvalue weighted by atomic mass is 10.8. The van der Waals surface area contributed by atoms with Crippen molar-refractivity contribution in [2.45, 2.75) is 6.92 Å². The maximum absolute atomic E-state index is 2.27. The van der Waals surface area contributed by atoms with Gasteiger partial charge in [-0.25, -0.2) is 10.0 Å². The Bertz CT molecular complexity index is 66.7. The highest BCUT2D eigenvalue weighted by molar-refractivity contribution is 8.34. The van der Waals surface area contributed by atoms with Crippen molar-refractivity contribution in [1.82, 2.24) is 0 Å². The lowest BCUT2D eigenvalue weighted by molar-refractivity contribution is 1.78. The van der Waals surface area contributed by atoms with Crippen LogP contribution in [0, 0.1) is 0 Å². The maximum Gasteiger partial charge on any atom is -0.0316 e. The van der Waals surface area contributed by atoms with Gasteiger partial charge in [-0.15, -0.1) is 0 Å². The molecule has 0 aromatic carbocycles. The van der Waals surface area contributed by atoms with Crippen molar-refractivity contribution < 1.29 is 0 Å². The smallest absolute Gasteiger partial charge is 0.0316 e. The van der Waals surface area contributed by atoms with Crippen LogP contribution >= 0.6 is 10.0 Å². The van der Waals surface area contributed by atoms with E-state index in [9.17, 15) is 0 Å². The van der Waals surface area contributed by atoms with E-state index < -0.39 is 0 Å². The summed E-state index contributed by atoms with van der Waals surface area (Å²) < 4.78 is 0. The molecule has 0 unspecified atom stereocenters. The van der Waals surface area contributed by atoms with Crippen LogP contribution in [0.15, 0.2) is 11.5 Å². The minimum Gasteiger partial charge on any atom is -0.230 e. The van der Waals surface area contributed by atoms with Crippen LogP contribution in [0.4, 0.5) is 0 Å². The van der Waals surface area contributed by atoms with E-state index in [1.807, 2.05) is 0 Å². The summed E-state index contributed by atoms with van der Waals surface area (Å²) in [6.45, 7) is 2.07. The fourth-order valence-corrected chi connectivity index (χ4v) is 1.22. The maximum atomic E-state index is 2.27. The Hall–Kier alpha value is 0.0900. The molecule has 0 atom stereocenters. The molecule has 0 saturated heterocycles. The number of allylic oxidation sites excluding steroid dienone is 1. The number of hydrogen-bond acceptors (Lipinski definition) is 0. The van der Waals surface area contributed by atoms with Gasteiger partial charge in [0.2, 0.25) is 0 Å². The van der Waals surface area contributed by atoms with Gasteiger partial charge < -0.3 is 0 Å². The molecule has 0 aromatic heterocycles. The van der Waals surface area contributed by atoms with Gasteiger partial charge in [0, 0.05) is 0 Å². The van der Waals surface area contributed by atoms with E-state index in [1.54, 1.807) is 0 Å². The van der Waals surface area contributed by atoms with E-state index in [0.29, 0.717) is 0 Å². The molecule has 0 bridgehead atoms. The first-order valence-electron chi connectivity index (χ1n) is 2.37. The average molecular weight is 118 g/mol. The first kappa shape index (κ1) is 7.09.